The van der Waals surface area contributed by atoms with Crippen LogP contribution in [-0.2, 0) is 19.2 Å². The molecule has 4 rings (SSSR count). The van der Waals surface area contributed by atoms with Crippen LogP contribution < -0.4 is 0 Å². The highest BCUT2D eigenvalue weighted by Gasteiger charge is 2.59. The number of rotatable bonds is 2. The van der Waals surface area contributed by atoms with Gasteiger partial charge in [-0.2, -0.15) is 0 Å². The fraction of sp³-hybridized carbons (Fsp3) is 0.870. The summed E-state index contributed by atoms with van der Waals surface area (Å²) in [4.78, 5) is 27.7. The van der Waals surface area contributed by atoms with Crippen LogP contribution in [0, 0.1) is 34.5 Å². The van der Waals surface area contributed by atoms with Gasteiger partial charge in [-0.25, -0.2) is 4.79 Å². The maximum atomic E-state index is 11.4. The molecular weight excluding hydrogens is 354 g/mol. The van der Waals surface area contributed by atoms with E-state index in [-0.39, 0.29) is 23.5 Å². The first kappa shape index (κ1) is 19.9. The zero-order valence-corrected chi connectivity index (χ0v) is 17.8. The first-order valence-electron chi connectivity index (χ1n) is 11.2. The molecule has 0 bridgehead atoms. The van der Waals surface area contributed by atoms with Crippen molar-refractivity contribution in [3.8, 4) is 0 Å². The van der Waals surface area contributed by atoms with Gasteiger partial charge >= 0.3 is 11.9 Å². The largest absolute Gasteiger partial charge is 0.463 e. The Hall–Kier alpha value is -1.39. The molecule has 0 aromatic rings. The Labute approximate surface area is 168 Å². The van der Waals surface area contributed by atoms with Gasteiger partial charge in [0.05, 0.1) is 5.71 Å². The molecule has 28 heavy (non-hydrogen) atoms. The van der Waals surface area contributed by atoms with Gasteiger partial charge in [0, 0.05) is 19.3 Å². The Morgan fingerprint density at radius 2 is 1.75 bits per heavy atom. The maximum absolute atomic E-state index is 11.4. The highest BCUT2D eigenvalue weighted by molar-refractivity contribution is 5.92. The highest BCUT2D eigenvalue weighted by atomic mass is 16.7. The van der Waals surface area contributed by atoms with Crippen LogP contribution in [0.1, 0.15) is 85.5 Å². The predicted molar refractivity (Wildman–Crippen MR) is 106 cm³/mol. The minimum absolute atomic E-state index is 0.0920. The predicted octanol–water partition coefficient (Wildman–Crippen LogP) is 4.88. The van der Waals surface area contributed by atoms with Gasteiger partial charge in [-0.15, -0.1) is 0 Å². The number of esters is 1. The Kier molecular flexibility index (Phi) is 5.08. The fourth-order valence-electron chi connectivity index (χ4n) is 7.62. The molecule has 4 fully saturated rings. The second kappa shape index (κ2) is 7.14. The lowest BCUT2D eigenvalue weighted by molar-refractivity contribution is -0.158. The summed E-state index contributed by atoms with van der Waals surface area (Å²) in [5.74, 6) is 2.37. The van der Waals surface area contributed by atoms with Crippen molar-refractivity contribution in [2.75, 3.05) is 0 Å². The molecule has 5 heteroatoms. The molecule has 0 aliphatic heterocycles. The molecule has 0 aromatic heterocycles. The van der Waals surface area contributed by atoms with Gasteiger partial charge in [0.2, 0.25) is 0 Å². The Bertz CT molecular complexity index is 688. The summed E-state index contributed by atoms with van der Waals surface area (Å²) in [5, 5.41) is 4.27. The average Bonchev–Trinajstić information content (AvgIpc) is 2.96. The third-order valence-electron chi connectivity index (χ3n) is 8.98. The van der Waals surface area contributed by atoms with Gasteiger partial charge in [0.15, 0.2) is 0 Å². The van der Waals surface area contributed by atoms with Gasteiger partial charge < -0.3 is 9.57 Å². The van der Waals surface area contributed by atoms with Crippen LogP contribution in [0.15, 0.2) is 5.16 Å². The van der Waals surface area contributed by atoms with Gasteiger partial charge in [-0.1, -0.05) is 19.0 Å². The standard InChI is InChI=1S/C23H35NO4/c1-14(25)27-17-9-11-22(3)16(13-17)5-6-18-19-7-8-21(24-28-15(2)26)23(19,4)12-10-20(18)22/h16-20H,5-13H2,1-4H3/t16-,17?,18?,19?,20?,22-,23-/m0/s1. The maximum Gasteiger partial charge on any atom is 0.331 e. The second-order valence-electron chi connectivity index (χ2n) is 10.3. The molecule has 0 radical (unpaired) electrons. The molecular formula is C23H35NO4. The lowest BCUT2D eigenvalue weighted by atomic mass is 9.45. The van der Waals surface area contributed by atoms with E-state index in [1.165, 1.54) is 46.0 Å². The van der Waals surface area contributed by atoms with Crippen LogP contribution in [0.25, 0.3) is 0 Å². The van der Waals surface area contributed by atoms with Crippen molar-refractivity contribution in [2.24, 2.45) is 39.7 Å². The minimum Gasteiger partial charge on any atom is -0.463 e. The summed E-state index contributed by atoms with van der Waals surface area (Å²) < 4.78 is 5.57. The Morgan fingerprint density at radius 1 is 0.964 bits per heavy atom. The fourth-order valence-corrected chi connectivity index (χ4v) is 7.62. The number of nitrogens with zero attached hydrogens (tertiary/aromatic N) is 1. The van der Waals surface area contributed by atoms with Crippen LogP contribution in [0.4, 0.5) is 0 Å². The second-order valence-corrected chi connectivity index (χ2v) is 10.3. The molecule has 0 N–H and O–H groups in total. The third kappa shape index (κ3) is 3.19. The first-order chi connectivity index (χ1) is 13.2. The van der Waals surface area contributed by atoms with Crippen LogP contribution >= 0.6 is 0 Å². The molecule has 0 amide bonds. The summed E-state index contributed by atoms with van der Waals surface area (Å²) in [6, 6.07) is 0. The molecule has 0 aromatic carbocycles. The van der Waals surface area contributed by atoms with E-state index < -0.39 is 0 Å². The van der Waals surface area contributed by atoms with Crippen LogP contribution in [-0.4, -0.2) is 23.8 Å². The van der Waals surface area contributed by atoms with Crippen molar-refractivity contribution in [1.29, 1.82) is 0 Å². The third-order valence-corrected chi connectivity index (χ3v) is 8.98. The van der Waals surface area contributed by atoms with Crippen molar-refractivity contribution in [2.45, 2.75) is 91.6 Å². The summed E-state index contributed by atoms with van der Waals surface area (Å²) in [6.45, 7) is 7.82. The van der Waals surface area contributed by atoms with Gasteiger partial charge in [-0.05, 0) is 86.9 Å². The van der Waals surface area contributed by atoms with E-state index in [0.29, 0.717) is 17.3 Å². The number of hydrogen-bond donors (Lipinski definition) is 0. The zero-order valence-electron chi connectivity index (χ0n) is 17.8. The quantitative estimate of drug-likeness (QED) is 0.383. The highest BCUT2D eigenvalue weighted by Crippen LogP contribution is 2.65. The van der Waals surface area contributed by atoms with E-state index in [1.54, 1.807) is 0 Å². The van der Waals surface area contributed by atoms with Crippen LogP contribution in [0.3, 0.4) is 0 Å². The topological polar surface area (TPSA) is 65.0 Å². The Morgan fingerprint density at radius 3 is 2.46 bits per heavy atom. The molecule has 4 aliphatic carbocycles. The number of carbonyl (C=O) groups is 2. The smallest absolute Gasteiger partial charge is 0.331 e. The number of ether oxygens (including phenoxy) is 1. The van der Waals surface area contributed by atoms with E-state index in [9.17, 15) is 9.59 Å². The number of oxime groups is 1. The van der Waals surface area contributed by atoms with Crippen LogP contribution in [0.5, 0.6) is 0 Å². The SMILES string of the molecule is CC(=O)ON=C1CCC2C3CC[C@H]4CC(OC(C)=O)CC[C@]4(C)C3CC[C@]12C. The molecule has 4 saturated carbocycles. The molecule has 156 valence electrons. The van der Waals surface area contributed by atoms with Gasteiger partial charge in [0.25, 0.3) is 0 Å². The van der Waals surface area contributed by atoms with E-state index in [2.05, 4.69) is 19.0 Å². The summed E-state index contributed by atoms with van der Waals surface area (Å²) >= 11 is 0. The van der Waals surface area contributed by atoms with E-state index in [1.807, 2.05) is 0 Å². The zero-order chi connectivity index (χ0) is 20.1. The van der Waals surface area contributed by atoms with Crippen molar-refractivity contribution in [3.05, 3.63) is 0 Å². The molecule has 5 nitrogen and oxygen atoms in total. The lowest BCUT2D eigenvalue weighted by Crippen LogP contribution is -2.54. The normalized spacial score (nSPS) is 46.3. The molecule has 7 atom stereocenters. The Balaban J connectivity index is 1.52. The van der Waals surface area contributed by atoms with E-state index in [4.69, 9.17) is 9.57 Å². The minimum atomic E-state index is -0.328. The van der Waals surface area contributed by atoms with Crippen molar-refractivity contribution in [1.82, 2.24) is 0 Å². The lowest BCUT2D eigenvalue weighted by Gasteiger charge is -2.60. The summed E-state index contributed by atoms with van der Waals surface area (Å²) in [5.41, 5.74) is 1.57. The monoisotopic (exact) mass is 389 g/mol. The molecule has 0 saturated heterocycles. The summed E-state index contributed by atoms with van der Waals surface area (Å²) in [6.07, 6.45) is 10.4. The average molecular weight is 390 g/mol. The van der Waals surface area contributed by atoms with Gasteiger partial charge in [0.1, 0.15) is 6.10 Å². The molecule has 4 unspecified atom stereocenters. The van der Waals surface area contributed by atoms with E-state index >= 15 is 0 Å². The van der Waals surface area contributed by atoms with Crippen molar-refractivity contribution in [3.63, 3.8) is 0 Å². The molecule has 4 aliphatic rings. The molecule has 0 heterocycles. The van der Waals surface area contributed by atoms with Crippen LogP contribution in [0.2, 0.25) is 0 Å². The number of carbonyl (C=O) groups excluding carboxylic acids is 2. The van der Waals surface area contributed by atoms with Crippen molar-refractivity contribution < 1.29 is 19.2 Å². The number of hydrogen-bond acceptors (Lipinski definition) is 5. The number of fused-ring (bicyclic) bond motifs is 5. The van der Waals surface area contributed by atoms with Gasteiger partial charge in [-0.3, -0.25) is 4.79 Å². The molecule has 0 spiro atoms. The van der Waals surface area contributed by atoms with E-state index in [0.717, 1.165) is 43.2 Å². The summed E-state index contributed by atoms with van der Waals surface area (Å²) in [7, 11) is 0. The first-order valence-corrected chi connectivity index (χ1v) is 11.2. The van der Waals surface area contributed by atoms with Crippen molar-refractivity contribution >= 4 is 17.7 Å².